The van der Waals surface area contributed by atoms with E-state index in [0.29, 0.717) is 6.04 Å². The van der Waals surface area contributed by atoms with Crippen molar-refractivity contribution in [2.75, 3.05) is 33.8 Å². The molecular weight excluding hydrogens is 290 g/mol. The summed E-state index contributed by atoms with van der Waals surface area (Å²) in [4.78, 5) is 17.0. The van der Waals surface area contributed by atoms with Gasteiger partial charge in [0, 0.05) is 51.3 Å². The standard InChI is InChI=1S/C18H33N3O2/c1-17(2)15(10-18(17,3)23-5)20(4)16(22)19-14-8-9-21(12-14)11-13-6-7-13/h13-15H,6-12H2,1-5H3,(H,19,22). The summed E-state index contributed by atoms with van der Waals surface area (Å²) in [5.74, 6) is 0.926. The zero-order valence-electron chi connectivity index (χ0n) is 15.4. The van der Waals surface area contributed by atoms with Gasteiger partial charge >= 0.3 is 6.03 Å². The van der Waals surface area contributed by atoms with E-state index in [4.69, 9.17) is 4.74 Å². The zero-order chi connectivity index (χ0) is 16.8. The lowest BCUT2D eigenvalue weighted by Crippen LogP contribution is -2.69. The number of hydrogen-bond acceptors (Lipinski definition) is 3. The maximum absolute atomic E-state index is 12.6. The maximum Gasteiger partial charge on any atom is 0.317 e. The first-order valence-corrected chi connectivity index (χ1v) is 9.07. The molecule has 1 saturated heterocycles. The minimum Gasteiger partial charge on any atom is -0.378 e. The number of carbonyl (C=O) groups is 1. The monoisotopic (exact) mass is 323 g/mol. The van der Waals surface area contributed by atoms with Crippen LogP contribution in [0.5, 0.6) is 0 Å². The van der Waals surface area contributed by atoms with Crippen molar-refractivity contribution in [3.8, 4) is 0 Å². The van der Waals surface area contributed by atoms with Crippen LogP contribution >= 0.6 is 0 Å². The third-order valence-corrected chi connectivity index (χ3v) is 6.83. The first-order chi connectivity index (χ1) is 10.8. The van der Waals surface area contributed by atoms with Crippen molar-refractivity contribution >= 4 is 6.03 Å². The van der Waals surface area contributed by atoms with Gasteiger partial charge in [-0.3, -0.25) is 0 Å². The summed E-state index contributed by atoms with van der Waals surface area (Å²) in [6.45, 7) is 9.90. The highest BCUT2D eigenvalue weighted by Crippen LogP contribution is 2.53. The van der Waals surface area contributed by atoms with E-state index in [1.807, 2.05) is 11.9 Å². The molecular formula is C18H33N3O2. The van der Waals surface area contributed by atoms with Crippen LogP contribution < -0.4 is 5.32 Å². The molecule has 5 heteroatoms. The van der Waals surface area contributed by atoms with Crippen LogP contribution in [-0.2, 0) is 4.74 Å². The minimum atomic E-state index is -0.138. The predicted molar refractivity (Wildman–Crippen MR) is 91.5 cm³/mol. The van der Waals surface area contributed by atoms with Crippen LogP contribution in [0.4, 0.5) is 4.79 Å². The van der Waals surface area contributed by atoms with Crippen molar-refractivity contribution in [2.45, 2.75) is 64.1 Å². The Morgan fingerprint density at radius 2 is 2.00 bits per heavy atom. The Bertz CT molecular complexity index is 463. The van der Waals surface area contributed by atoms with Gasteiger partial charge in [0.05, 0.1) is 5.60 Å². The van der Waals surface area contributed by atoms with E-state index >= 15 is 0 Å². The molecule has 0 aromatic rings. The number of amides is 2. The molecule has 0 spiro atoms. The summed E-state index contributed by atoms with van der Waals surface area (Å²) in [5, 5.41) is 3.24. The molecule has 1 aliphatic heterocycles. The molecule has 3 aliphatic rings. The highest BCUT2D eigenvalue weighted by molar-refractivity contribution is 5.75. The van der Waals surface area contributed by atoms with Crippen LogP contribution in [0.2, 0.25) is 0 Å². The number of carbonyl (C=O) groups excluding carboxylic acids is 1. The van der Waals surface area contributed by atoms with Crippen molar-refractivity contribution in [3.63, 3.8) is 0 Å². The summed E-state index contributed by atoms with van der Waals surface area (Å²) < 4.78 is 5.67. The van der Waals surface area contributed by atoms with Crippen molar-refractivity contribution in [1.29, 1.82) is 0 Å². The summed E-state index contributed by atoms with van der Waals surface area (Å²) in [6, 6.07) is 0.608. The van der Waals surface area contributed by atoms with Gasteiger partial charge in [-0.1, -0.05) is 13.8 Å². The SMILES string of the molecule is COC1(C)CC(N(C)C(=O)NC2CCN(CC3CC3)C2)C1(C)C. The second-order valence-corrected chi connectivity index (χ2v) is 8.63. The molecule has 132 valence electrons. The molecule has 5 nitrogen and oxygen atoms in total. The van der Waals surface area contributed by atoms with Gasteiger partial charge < -0.3 is 19.9 Å². The second kappa shape index (κ2) is 5.92. The molecule has 0 aromatic heterocycles. The molecule has 3 fully saturated rings. The number of methoxy groups -OCH3 is 1. The predicted octanol–water partition coefficient (Wildman–Crippen LogP) is 2.32. The lowest BCUT2D eigenvalue weighted by atomic mass is 9.55. The minimum absolute atomic E-state index is 0.0263. The fraction of sp³-hybridized carbons (Fsp3) is 0.944. The van der Waals surface area contributed by atoms with Crippen LogP contribution in [0.25, 0.3) is 0 Å². The van der Waals surface area contributed by atoms with E-state index in [9.17, 15) is 4.79 Å². The van der Waals surface area contributed by atoms with Crippen molar-refractivity contribution in [3.05, 3.63) is 0 Å². The highest BCUT2D eigenvalue weighted by atomic mass is 16.5. The number of nitrogens with one attached hydrogen (secondary N) is 1. The van der Waals surface area contributed by atoms with Gasteiger partial charge in [0.25, 0.3) is 0 Å². The molecule has 3 unspecified atom stereocenters. The van der Waals surface area contributed by atoms with Crippen LogP contribution in [0.3, 0.4) is 0 Å². The van der Waals surface area contributed by atoms with Crippen LogP contribution in [0.15, 0.2) is 0 Å². The van der Waals surface area contributed by atoms with Crippen molar-refractivity contribution in [2.24, 2.45) is 11.3 Å². The molecule has 0 radical (unpaired) electrons. The third-order valence-electron chi connectivity index (χ3n) is 6.83. The summed E-state index contributed by atoms with van der Waals surface area (Å²) in [6.07, 6.45) is 4.77. The number of rotatable bonds is 5. The van der Waals surface area contributed by atoms with Gasteiger partial charge in [-0.2, -0.15) is 0 Å². The zero-order valence-corrected chi connectivity index (χ0v) is 15.4. The first-order valence-electron chi connectivity index (χ1n) is 9.07. The lowest BCUT2D eigenvalue weighted by molar-refractivity contribution is -0.198. The molecule has 3 atom stereocenters. The first kappa shape index (κ1) is 17.0. The Hall–Kier alpha value is -0.810. The molecule has 0 bridgehead atoms. The smallest absolute Gasteiger partial charge is 0.317 e. The van der Waals surface area contributed by atoms with Gasteiger partial charge in [-0.05, 0) is 38.5 Å². The molecule has 23 heavy (non-hydrogen) atoms. The average Bonchev–Trinajstić information content (AvgIpc) is 3.22. The van der Waals surface area contributed by atoms with E-state index in [1.54, 1.807) is 7.11 Å². The Morgan fingerprint density at radius 3 is 2.57 bits per heavy atom. The molecule has 3 rings (SSSR count). The highest BCUT2D eigenvalue weighted by Gasteiger charge is 2.59. The number of likely N-dealkylation sites (tertiary alicyclic amines) is 1. The summed E-state index contributed by atoms with van der Waals surface area (Å²) in [7, 11) is 3.69. The van der Waals surface area contributed by atoms with Crippen LogP contribution in [0.1, 0.15) is 46.5 Å². The summed E-state index contributed by atoms with van der Waals surface area (Å²) in [5.41, 5.74) is -0.165. The molecule has 2 saturated carbocycles. The molecule has 1 N–H and O–H groups in total. The molecule has 2 aliphatic carbocycles. The van der Waals surface area contributed by atoms with Gasteiger partial charge in [0.2, 0.25) is 0 Å². The molecule has 0 aromatic carbocycles. The largest absolute Gasteiger partial charge is 0.378 e. The van der Waals surface area contributed by atoms with Crippen molar-refractivity contribution < 1.29 is 9.53 Å². The van der Waals surface area contributed by atoms with E-state index < -0.39 is 0 Å². The van der Waals surface area contributed by atoms with E-state index in [1.165, 1.54) is 19.4 Å². The third kappa shape index (κ3) is 3.10. The Kier molecular flexibility index (Phi) is 4.38. The van der Waals surface area contributed by atoms with E-state index in [0.717, 1.165) is 31.8 Å². The second-order valence-electron chi connectivity index (χ2n) is 8.63. The molecule has 2 amide bonds. The number of ether oxygens (including phenoxy) is 1. The Labute approximate surface area is 140 Å². The number of nitrogens with zero attached hydrogens (tertiary/aromatic N) is 2. The fourth-order valence-corrected chi connectivity index (χ4v) is 4.28. The Morgan fingerprint density at radius 1 is 1.30 bits per heavy atom. The topological polar surface area (TPSA) is 44.8 Å². The normalized spacial score (nSPS) is 36.6. The average molecular weight is 323 g/mol. The van der Waals surface area contributed by atoms with Gasteiger partial charge in [0.1, 0.15) is 0 Å². The number of urea groups is 1. The van der Waals surface area contributed by atoms with Gasteiger partial charge in [-0.15, -0.1) is 0 Å². The van der Waals surface area contributed by atoms with Crippen LogP contribution in [-0.4, -0.2) is 67.3 Å². The summed E-state index contributed by atoms with van der Waals surface area (Å²) >= 11 is 0. The quantitative estimate of drug-likeness (QED) is 0.844. The number of hydrogen-bond donors (Lipinski definition) is 1. The van der Waals surface area contributed by atoms with Crippen LogP contribution in [0, 0.1) is 11.3 Å². The van der Waals surface area contributed by atoms with Gasteiger partial charge in [-0.25, -0.2) is 4.79 Å². The molecule has 1 heterocycles. The Balaban J connectivity index is 1.49. The van der Waals surface area contributed by atoms with E-state index in [-0.39, 0.29) is 23.1 Å². The maximum atomic E-state index is 12.6. The fourth-order valence-electron chi connectivity index (χ4n) is 4.28. The lowest BCUT2D eigenvalue weighted by Gasteiger charge is -2.61. The van der Waals surface area contributed by atoms with Gasteiger partial charge in [0.15, 0.2) is 0 Å². The van der Waals surface area contributed by atoms with Crippen molar-refractivity contribution in [1.82, 2.24) is 15.1 Å². The van der Waals surface area contributed by atoms with E-state index in [2.05, 4.69) is 31.0 Å².